The molecule has 26 heavy (non-hydrogen) atoms. The van der Waals surface area contributed by atoms with Crippen LogP contribution in [0, 0.1) is 0 Å². The van der Waals surface area contributed by atoms with Gasteiger partial charge in [0.1, 0.15) is 5.65 Å². The molecule has 3 aromatic rings. The normalized spacial score (nSPS) is 11.5. The molecule has 0 spiro atoms. The number of nitrogen functional groups attached to an aromatic ring is 1. The van der Waals surface area contributed by atoms with E-state index in [2.05, 4.69) is 14.3 Å². The summed E-state index contributed by atoms with van der Waals surface area (Å²) in [6, 6.07) is 7.75. The number of imidazole rings is 1. The van der Waals surface area contributed by atoms with Gasteiger partial charge in [-0.3, -0.25) is 9.88 Å². The van der Waals surface area contributed by atoms with E-state index >= 15 is 0 Å². The lowest BCUT2D eigenvalue weighted by Crippen LogP contribution is -2.31. The first-order valence-corrected chi connectivity index (χ1v) is 8.60. The zero-order valence-corrected chi connectivity index (χ0v) is 15.3. The van der Waals surface area contributed by atoms with Gasteiger partial charge in [-0.05, 0) is 24.3 Å². The predicted molar refractivity (Wildman–Crippen MR) is 102 cm³/mol. The van der Waals surface area contributed by atoms with Crippen LogP contribution >= 0.6 is 0 Å². The first-order valence-electron chi connectivity index (χ1n) is 8.60. The highest BCUT2D eigenvalue weighted by Gasteiger charge is 2.17. The molecule has 0 aliphatic rings. The Morgan fingerprint density at radius 3 is 2.54 bits per heavy atom. The third kappa shape index (κ3) is 4.19. The summed E-state index contributed by atoms with van der Waals surface area (Å²) >= 11 is 0. The van der Waals surface area contributed by atoms with Crippen molar-refractivity contribution in [2.24, 2.45) is 0 Å². The summed E-state index contributed by atoms with van der Waals surface area (Å²) in [4.78, 5) is 11.3. The number of rotatable bonds is 9. The lowest BCUT2D eigenvalue weighted by Gasteiger charge is -2.22. The minimum absolute atomic E-state index is 0.658. The van der Waals surface area contributed by atoms with Gasteiger partial charge in [0, 0.05) is 63.7 Å². The van der Waals surface area contributed by atoms with Gasteiger partial charge < -0.3 is 19.6 Å². The molecule has 0 saturated carbocycles. The number of hydrogen-bond donors (Lipinski definition) is 1. The summed E-state index contributed by atoms with van der Waals surface area (Å²) in [5.74, 6) is 0. The molecular weight excluding hydrogens is 330 g/mol. The van der Waals surface area contributed by atoms with Crippen molar-refractivity contribution in [3.8, 4) is 11.3 Å². The van der Waals surface area contributed by atoms with Crippen molar-refractivity contribution >= 4 is 11.3 Å². The molecule has 0 fully saturated rings. The fourth-order valence-corrected chi connectivity index (χ4v) is 2.92. The molecular formula is C19H25N5O2. The maximum atomic E-state index is 6.02. The van der Waals surface area contributed by atoms with Crippen molar-refractivity contribution in [1.29, 1.82) is 0 Å². The number of fused-ring (bicyclic) bond motifs is 1. The molecule has 0 aliphatic heterocycles. The summed E-state index contributed by atoms with van der Waals surface area (Å²) in [5.41, 5.74) is 10.6. The minimum Gasteiger partial charge on any atom is -0.398 e. The lowest BCUT2D eigenvalue weighted by molar-refractivity contribution is 0.109. The molecule has 2 N–H and O–H groups in total. The second kappa shape index (κ2) is 8.75. The van der Waals surface area contributed by atoms with Gasteiger partial charge in [-0.2, -0.15) is 0 Å². The van der Waals surface area contributed by atoms with E-state index in [0.717, 1.165) is 35.7 Å². The van der Waals surface area contributed by atoms with Crippen molar-refractivity contribution in [2.45, 2.75) is 6.54 Å². The molecule has 7 heteroatoms. The number of methoxy groups -OCH3 is 2. The molecule has 138 valence electrons. The van der Waals surface area contributed by atoms with Gasteiger partial charge in [0.05, 0.1) is 24.6 Å². The van der Waals surface area contributed by atoms with E-state index in [4.69, 9.17) is 20.2 Å². The Balaban J connectivity index is 2.02. The van der Waals surface area contributed by atoms with E-state index in [-0.39, 0.29) is 0 Å². The van der Waals surface area contributed by atoms with E-state index in [0.29, 0.717) is 25.4 Å². The molecule has 0 atom stereocenters. The average molecular weight is 355 g/mol. The van der Waals surface area contributed by atoms with Gasteiger partial charge in [-0.25, -0.2) is 4.98 Å². The Bertz CT molecular complexity index is 827. The van der Waals surface area contributed by atoms with Crippen LogP contribution < -0.4 is 5.73 Å². The number of anilines is 1. The van der Waals surface area contributed by atoms with Crippen molar-refractivity contribution in [3.63, 3.8) is 0 Å². The first-order chi connectivity index (χ1) is 12.7. The van der Waals surface area contributed by atoms with Crippen LogP contribution in [0.4, 0.5) is 5.69 Å². The lowest BCUT2D eigenvalue weighted by atomic mass is 10.1. The molecule has 3 aromatic heterocycles. The summed E-state index contributed by atoms with van der Waals surface area (Å²) in [5, 5.41) is 0. The Morgan fingerprint density at radius 2 is 1.88 bits per heavy atom. The van der Waals surface area contributed by atoms with Gasteiger partial charge in [0.2, 0.25) is 0 Å². The molecule has 7 nitrogen and oxygen atoms in total. The van der Waals surface area contributed by atoms with Gasteiger partial charge in [-0.15, -0.1) is 0 Å². The van der Waals surface area contributed by atoms with Crippen LogP contribution in [-0.2, 0) is 16.0 Å². The van der Waals surface area contributed by atoms with Crippen molar-refractivity contribution in [3.05, 3.63) is 48.5 Å². The highest BCUT2D eigenvalue weighted by Crippen LogP contribution is 2.26. The molecule has 3 heterocycles. The number of ether oxygens (including phenoxy) is 2. The van der Waals surface area contributed by atoms with Gasteiger partial charge in [0.15, 0.2) is 0 Å². The second-order valence-electron chi connectivity index (χ2n) is 6.10. The van der Waals surface area contributed by atoms with Crippen molar-refractivity contribution in [1.82, 2.24) is 19.3 Å². The van der Waals surface area contributed by atoms with Crippen LogP contribution in [0.2, 0.25) is 0 Å². The molecule has 0 amide bonds. The number of pyridine rings is 2. The largest absolute Gasteiger partial charge is 0.398 e. The first kappa shape index (κ1) is 18.3. The second-order valence-corrected chi connectivity index (χ2v) is 6.10. The van der Waals surface area contributed by atoms with Crippen LogP contribution in [-0.4, -0.2) is 59.8 Å². The topological polar surface area (TPSA) is 77.9 Å². The molecule has 0 aromatic carbocycles. The fraction of sp³-hybridized carbons (Fsp3) is 0.368. The molecule has 3 rings (SSSR count). The molecule has 0 unspecified atom stereocenters. The van der Waals surface area contributed by atoms with Crippen molar-refractivity contribution < 1.29 is 9.47 Å². The fourth-order valence-electron chi connectivity index (χ4n) is 2.92. The standard InChI is InChI=1S/C19H25N5O2/c1-25-10-8-23(9-11-26-2)14-17-19(15-4-3-7-21-12-15)22-18-6-5-16(20)13-24(17)18/h3-7,12-13H,8-11,14,20H2,1-2H3. The monoisotopic (exact) mass is 355 g/mol. The van der Waals surface area contributed by atoms with Crippen LogP contribution in [0.1, 0.15) is 5.69 Å². The number of aromatic nitrogens is 3. The predicted octanol–water partition coefficient (Wildman–Crippen LogP) is 2.07. The molecule has 0 aliphatic carbocycles. The van der Waals surface area contributed by atoms with Gasteiger partial charge >= 0.3 is 0 Å². The van der Waals surface area contributed by atoms with Crippen LogP contribution in [0.25, 0.3) is 16.9 Å². The van der Waals surface area contributed by atoms with E-state index < -0.39 is 0 Å². The highest BCUT2D eigenvalue weighted by molar-refractivity contribution is 5.66. The highest BCUT2D eigenvalue weighted by atomic mass is 16.5. The third-order valence-electron chi connectivity index (χ3n) is 4.27. The van der Waals surface area contributed by atoms with Crippen LogP contribution in [0.15, 0.2) is 42.9 Å². The zero-order valence-electron chi connectivity index (χ0n) is 15.3. The quantitative estimate of drug-likeness (QED) is 0.633. The summed E-state index contributed by atoms with van der Waals surface area (Å²) in [6.07, 6.45) is 5.52. The smallest absolute Gasteiger partial charge is 0.137 e. The van der Waals surface area contributed by atoms with Gasteiger partial charge in [-0.1, -0.05) is 0 Å². The summed E-state index contributed by atoms with van der Waals surface area (Å²) in [7, 11) is 3.43. The van der Waals surface area contributed by atoms with E-state index in [9.17, 15) is 0 Å². The Hall–Kier alpha value is -2.48. The average Bonchev–Trinajstić information content (AvgIpc) is 3.02. The Kier molecular flexibility index (Phi) is 6.17. The third-order valence-corrected chi connectivity index (χ3v) is 4.27. The van der Waals surface area contributed by atoms with Gasteiger partial charge in [0.25, 0.3) is 0 Å². The molecule has 0 radical (unpaired) electrons. The zero-order chi connectivity index (χ0) is 18.4. The molecule has 0 bridgehead atoms. The maximum Gasteiger partial charge on any atom is 0.137 e. The van der Waals surface area contributed by atoms with Crippen molar-refractivity contribution in [2.75, 3.05) is 46.3 Å². The van der Waals surface area contributed by atoms with E-state index in [1.807, 2.05) is 36.7 Å². The number of nitrogens with zero attached hydrogens (tertiary/aromatic N) is 4. The Labute approximate surface area is 153 Å². The summed E-state index contributed by atoms with van der Waals surface area (Å²) < 4.78 is 12.6. The Morgan fingerprint density at radius 1 is 1.12 bits per heavy atom. The van der Waals surface area contributed by atoms with Crippen LogP contribution in [0.3, 0.4) is 0 Å². The maximum absolute atomic E-state index is 6.02. The SMILES string of the molecule is COCCN(CCOC)Cc1c(-c2cccnc2)nc2ccc(N)cn12. The summed E-state index contributed by atoms with van der Waals surface area (Å²) in [6.45, 7) is 3.64. The minimum atomic E-state index is 0.658. The van der Waals surface area contributed by atoms with E-state index in [1.54, 1.807) is 20.4 Å². The number of nitrogens with two attached hydrogens (primary N) is 1. The number of hydrogen-bond acceptors (Lipinski definition) is 6. The van der Waals surface area contributed by atoms with E-state index in [1.165, 1.54) is 0 Å². The van der Waals surface area contributed by atoms with Crippen LogP contribution in [0.5, 0.6) is 0 Å². The molecule has 0 saturated heterocycles.